The fourth-order valence-electron chi connectivity index (χ4n) is 1.82. The third-order valence-corrected chi connectivity index (χ3v) is 4.58. The van der Waals surface area contributed by atoms with E-state index in [0.29, 0.717) is 4.75 Å². The zero-order valence-electron chi connectivity index (χ0n) is 10.3. The molecule has 1 aromatic carbocycles. The minimum Gasteiger partial charge on any atom is -0.435 e. The zero-order valence-corrected chi connectivity index (χ0v) is 11.1. The molecular weight excluding hydrogens is 256 g/mol. The van der Waals surface area contributed by atoms with Gasteiger partial charge in [0.2, 0.25) is 0 Å². The van der Waals surface area contributed by atoms with Gasteiger partial charge in [0.25, 0.3) is 0 Å². The first-order chi connectivity index (χ1) is 8.63. The Kier molecular flexibility index (Phi) is 4.45. The monoisotopic (exact) mass is 273 g/mol. The van der Waals surface area contributed by atoms with E-state index in [9.17, 15) is 8.78 Å². The summed E-state index contributed by atoms with van der Waals surface area (Å²) in [4.78, 5) is 0. The van der Waals surface area contributed by atoms with Crippen molar-refractivity contribution in [2.45, 2.75) is 30.7 Å². The molecule has 18 heavy (non-hydrogen) atoms. The second kappa shape index (κ2) is 5.89. The highest BCUT2D eigenvalue weighted by Crippen LogP contribution is 2.46. The Morgan fingerprint density at radius 3 is 2.50 bits per heavy atom. The SMILES string of the molecule is CSC1(CNCc2ccc(OC(F)F)cc2)CC1. The molecule has 0 radical (unpaired) electrons. The van der Waals surface area contributed by atoms with Gasteiger partial charge in [0.05, 0.1) is 0 Å². The minimum atomic E-state index is -2.76. The maximum atomic E-state index is 12.0. The van der Waals surface area contributed by atoms with E-state index in [1.54, 1.807) is 12.1 Å². The van der Waals surface area contributed by atoms with Crippen LogP contribution in [-0.4, -0.2) is 24.2 Å². The highest BCUT2D eigenvalue weighted by molar-refractivity contribution is 8.00. The minimum absolute atomic E-state index is 0.205. The van der Waals surface area contributed by atoms with Crippen LogP contribution in [0.25, 0.3) is 0 Å². The molecule has 0 spiro atoms. The molecule has 0 saturated heterocycles. The lowest BCUT2D eigenvalue weighted by Gasteiger charge is -2.13. The lowest BCUT2D eigenvalue weighted by atomic mass is 10.2. The van der Waals surface area contributed by atoms with Gasteiger partial charge < -0.3 is 10.1 Å². The summed E-state index contributed by atoms with van der Waals surface area (Å²) in [5, 5.41) is 3.41. The van der Waals surface area contributed by atoms with E-state index < -0.39 is 6.61 Å². The first-order valence-electron chi connectivity index (χ1n) is 5.93. The second-order valence-corrected chi connectivity index (χ2v) is 5.79. The average Bonchev–Trinajstić information content (AvgIpc) is 3.11. The fraction of sp³-hybridized carbons (Fsp3) is 0.538. The van der Waals surface area contributed by atoms with E-state index in [2.05, 4.69) is 16.3 Å². The van der Waals surface area contributed by atoms with Crippen LogP contribution in [0.15, 0.2) is 24.3 Å². The van der Waals surface area contributed by atoms with Crippen molar-refractivity contribution < 1.29 is 13.5 Å². The number of thioether (sulfide) groups is 1. The number of alkyl halides is 2. The molecule has 0 bridgehead atoms. The number of nitrogens with one attached hydrogen (secondary N) is 1. The van der Waals surface area contributed by atoms with E-state index in [1.807, 2.05) is 23.9 Å². The molecule has 0 heterocycles. The quantitative estimate of drug-likeness (QED) is 0.824. The molecule has 100 valence electrons. The van der Waals surface area contributed by atoms with Gasteiger partial charge in [-0.15, -0.1) is 0 Å². The van der Waals surface area contributed by atoms with E-state index >= 15 is 0 Å². The van der Waals surface area contributed by atoms with Crippen molar-refractivity contribution in [3.05, 3.63) is 29.8 Å². The summed E-state index contributed by atoms with van der Waals surface area (Å²) in [6.45, 7) is -0.994. The van der Waals surface area contributed by atoms with Crippen LogP contribution in [0.3, 0.4) is 0 Å². The van der Waals surface area contributed by atoms with Gasteiger partial charge >= 0.3 is 6.61 Å². The van der Waals surface area contributed by atoms with Gasteiger partial charge in [0, 0.05) is 17.8 Å². The van der Waals surface area contributed by atoms with Gasteiger partial charge in [0.1, 0.15) is 5.75 Å². The topological polar surface area (TPSA) is 21.3 Å². The third kappa shape index (κ3) is 3.85. The smallest absolute Gasteiger partial charge is 0.387 e. The van der Waals surface area contributed by atoms with Crippen molar-refractivity contribution in [2.24, 2.45) is 0 Å². The van der Waals surface area contributed by atoms with E-state index in [1.165, 1.54) is 12.8 Å². The molecule has 0 amide bonds. The summed E-state index contributed by atoms with van der Waals surface area (Å²) in [5.41, 5.74) is 1.08. The normalized spacial score (nSPS) is 16.9. The molecule has 0 aromatic heterocycles. The predicted octanol–water partition coefficient (Wildman–Crippen LogP) is 3.27. The average molecular weight is 273 g/mol. The molecule has 1 aromatic rings. The third-order valence-electron chi connectivity index (χ3n) is 3.17. The molecule has 0 aliphatic heterocycles. The van der Waals surface area contributed by atoms with Gasteiger partial charge in [-0.25, -0.2) is 0 Å². The Bertz CT molecular complexity index is 379. The Labute approximate surface area is 110 Å². The highest BCUT2D eigenvalue weighted by Gasteiger charge is 2.41. The predicted molar refractivity (Wildman–Crippen MR) is 70.3 cm³/mol. The molecule has 1 aliphatic carbocycles. The van der Waals surface area contributed by atoms with Crippen molar-refractivity contribution in [3.8, 4) is 5.75 Å². The summed E-state index contributed by atoms with van der Waals surface area (Å²) in [7, 11) is 0. The number of ether oxygens (including phenoxy) is 1. The summed E-state index contributed by atoms with van der Waals surface area (Å²) in [6, 6.07) is 6.77. The highest BCUT2D eigenvalue weighted by atomic mass is 32.2. The zero-order chi connectivity index (χ0) is 13.0. The molecule has 5 heteroatoms. The van der Waals surface area contributed by atoms with Crippen LogP contribution in [-0.2, 0) is 6.54 Å². The molecule has 1 aliphatic rings. The molecule has 1 fully saturated rings. The number of hydrogen-bond donors (Lipinski definition) is 1. The van der Waals surface area contributed by atoms with Crippen LogP contribution in [0.1, 0.15) is 18.4 Å². The standard InChI is InChI=1S/C13H17F2NOS/c1-18-13(6-7-13)9-16-8-10-2-4-11(5-3-10)17-12(14)15/h2-5,12,16H,6-9H2,1H3. The number of benzene rings is 1. The molecule has 0 atom stereocenters. The number of hydrogen-bond acceptors (Lipinski definition) is 3. The molecule has 0 unspecified atom stereocenters. The van der Waals surface area contributed by atoms with Crippen LogP contribution < -0.4 is 10.1 Å². The lowest BCUT2D eigenvalue weighted by Crippen LogP contribution is -2.25. The Hall–Kier alpha value is -0.810. The van der Waals surface area contributed by atoms with Crippen LogP contribution in [0, 0.1) is 0 Å². The first kappa shape index (κ1) is 13.6. The van der Waals surface area contributed by atoms with Gasteiger partial charge in [-0.1, -0.05) is 12.1 Å². The van der Waals surface area contributed by atoms with Gasteiger partial charge in [0.15, 0.2) is 0 Å². The molecule has 1 saturated carbocycles. The van der Waals surface area contributed by atoms with Crippen molar-refractivity contribution >= 4 is 11.8 Å². The van der Waals surface area contributed by atoms with E-state index in [-0.39, 0.29) is 5.75 Å². The van der Waals surface area contributed by atoms with Gasteiger partial charge in [-0.05, 0) is 36.8 Å². The fourth-order valence-corrected chi connectivity index (χ4v) is 2.57. The number of rotatable bonds is 7. The van der Waals surface area contributed by atoms with Crippen LogP contribution in [0.4, 0.5) is 8.78 Å². The molecule has 2 nitrogen and oxygen atoms in total. The van der Waals surface area contributed by atoms with Crippen molar-refractivity contribution in [3.63, 3.8) is 0 Å². The van der Waals surface area contributed by atoms with E-state index in [4.69, 9.17) is 0 Å². The van der Waals surface area contributed by atoms with Crippen LogP contribution >= 0.6 is 11.8 Å². The van der Waals surface area contributed by atoms with Crippen molar-refractivity contribution in [2.75, 3.05) is 12.8 Å². The first-order valence-corrected chi connectivity index (χ1v) is 7.16. The maximum absolute atomic E-state index is 12.0. The Morgan fingerprint density at radius 1 is 1.33 bits per heavy atom. The summed E-state index contributed by atoms with van der Waals surface area (Å²) < 4.78 is 28.7. The number of halogens is 2. The summed E-state index contributed by atoms with van der Waals surface area (Å²) >= 11 is 1.92. The van der Waals surface area contributed by atoms with Crippen molar-refractivity contribution in [1.29, 1.82) is 0 Å². The maximum Gasteiger partial charge on any atom is 0.387 e. The van der Waals surface area contributed by atoms with Gasteiger partial charge in [-0.3, -0.25) is 0 Å². The second-order valence-electron chi connectivity index (χ2n) is 4.51. The van der Waals surface area contributed by atoms with Crippen molar-refractivity contribution in [1.82, 2.24) is 5.32 Å². The van der Waals surface area contributed by atoms with Gasteiger partial charge in [-0.2, -0.15) is 20.5 Å². The van der Waals surface area contributed by atoms with Crippen LogP contribution in [0.2, 0.25) is 0 Å². The Balaban J connectivity index is 1.76. The molecule has 1 N–H and O–H groups in total. The summed E-state index contributed by atoms with van der Waals surface area (Å²) in [6.07, 6.45) is 4.70. The molecular formula is C13H17F2NOS. The Morgan fingerprint density at radius 2 is 2.00 bits per heavy atom. The lowest BCUT2D eigenvalue weighted by molar-refractivity contribution is -0.0498. The largest absolute Gasteiger partial charge is 0.435 e. The van der Waals surface area contributed by atoms with Crippen LogP contribution in [0.5, 0.6) is 5.75 Å². The van der Waals surface area contributed by atoms with E-state index in [0.717, 1.165) is 18.7 Å². The summed E-state index contributed by atoms with van der Waals surface area (Å²) in [5.74, 6) is 0.205. The molecule has 2 rings (SSSR count).